The minimum Gasteiger partial charge on any atom is -0.468 e. The quantitative estimate of drug-likeness (QED) is 0.701. The molecule has 0 saturated heterocycles. The minimum absolute atomic E-state index is 0.163. The van der Waals surface area contributed by atoms with Crippen molar-refractivity contribution in [2.75, 3.05) is 13.7 Å². The topological polar surface area (TPSA) is 47.6 Å². The first-order valence-corrected chi connectivity index (χ1v) is 6.05. The smallest absolute Gasteiger partial charge is 0.326 e. The molecule has 1 unspecified atom stereocenters. The maximum atomic E-state index is 11.8. The Kier molecular flexibility index (Phi) is 4.74. The van der Waals surface area contributed by atoms with Gasteiger partial charge in [-0.15, -0.1) is 0 Å². The highest BCUT2D eigenvalue weighted by molar-refractivity contribution is 5.82. The Balaban J connectivity index is 2.56. The highest BCUT2D eigenvalue weighted by atomic mass is 16.5. The van der Waals surface area contributed by atoms with E-state index in [4.69, 9.17) is 9.47 Å². The fraction of sp³-hybridized carbons (Fsp3) is 0.917. The lowest BCUT2D eigenvalue weighted by Gasteiger charge is -2.46. The summed E-state index contributed by atoms with van der Waals surface area (Å²) in [5.74, 6) is -0.163. The van der Waals surface area contributed by atoms with Crippen LogP contribution in [-0.2, 0) is 14.3 Å². The molecule has 4 nitrogen and oxygen atoms in total. The molecule has 0 aliphatic heterocycles. The molecule has 4 heteroatoms. The summed E-state index contributed by atoms with van der Waals surface area (Å²) < 4.78 is 10.4. The number of carbonyl (C=O) groups excluding carboxylic acids is 1. The zero-order chi connectivity index (χ0) is 12.2. The zero-order valence-electron chi connectivity index (χ0n) is 10.7. The lowest BCUT2D eigenvalue weighted by atomic mass is 9.73. The summed E-state index contributed by atoms with van der Waals surface area (Å²) in [4.78, 5) is 11.8. The fourth-order valence-corrected chi connectivity index (χ4v) is 2.18. The van der Waals surface area contributed by atoms with Gasteiger partial charge in [-0.25, -0.2) is 0 Å². The van der Waals surface area contributed by atoms with Gasteiger partial charge in [-0.2, -0.15) is 0 Å². The second-order valence-electron chi connectivity index (χ2n) is 4.51. The molecule has 0 radical (unpaired) electrons. The molecule has 0 spiro atoms. The van der Waals surface area contributed by atoms with Crippen LogP contribution in [0.15, 0.2) is 0 Å². The van der Waals surface area contributed by atoms with Crippen LogP contribution < -0.4 is 5.32 Å². The number of rotatable bonds is 6. The van der Waals surface area contributed by atoms with Crippen molar-refractivity contribution in [1.82, 2.24) is 5.32 Å². The molecule has 0 amide bonds. The van der Waals surface area contributed by atoms with Gasteiger partial charge in [0, 0.05) is 25.5 Å². The molecule has 1 aliphatic rings. The van der Waals surface area contributed by atoms with Crippen molar-refractivity contribution in [3.63, 3.8) is 0 Å². The standard InChI is InChI=1S/C12H23NO3/c1-5-9(3)13-12(11(14)15-4)7-10(8-12)16-6-2/h9-10,13H,5-8H2,1-4H3. The van der Waals surface area contributed by atoms with Crippen LogP contribution in [0.4, 0.5) is 0 Å². The Bertz CT molecular complexity index is 236. The molecule has 1 saturated carbocycles. The molecular formula is C12H23NO3. The van der Waals surface area contributed by atoms with Crippen LogP contribution >= 0.6 is 0 Å². The largest absolute Gasteiger partial charge is 0.468 e. The predicted octanol–water partition coefficient (Wildman–Crippen LogP) is 1.49. The molecular weight excluding hydrogens is 206 g/mol. The van der Waals surface area contributed by atoms with Gasteiger partial charge in [0.05, 0.1) is 13.2 Å². The van der Waals surface area contributed by atoms with Gasteiger partial charge in [0.15, 0.2) is 0 Å². The Morgan fingerprint density at radius 3 is 2.56 bits per heavy atom. The van der Waals surface area contributed by atoms with Crippen molar-refractivity contribution in [2.24, 2.45) is 0 Å². The number of hydrogen-bond acceptors (Lipinski definition) is 4. The number of carbonyl (C=O) groups is 1. The van der Waals surface area contributed by atoms with E-state index in [2.05, 4.69) is 19.2 Å². The van der Waals surface area contributed by atoms with E-state index in [9.17, 15) is 4.79 Å². The van der Waals surface area contributed by atoms with Gasteiger partial charge in [-0.05, 0) is 20.3 Å². The predicted molar refractivity (Wildman–Crippen MR) is 62.3 cm³/mol. The van der Waals surface area contributed by atoms with Crippen LogP contribution in [0.2, 0.25) is 0 Å². The highest BCUT2D eigenvalue weighted by Gasteiger charge is 2.52. The molecule has 94 valence electrons. The van der Waals surface area contributed by atoms with Crippen molar-refractivity contribution in [3.05, 3.63) is 0 Å². The SMILES string of the molecule is CCOC1CC(NC(C)CC)(C(=O)OC)C1. The van der Waals surface area contributed by atoms with E-state index < -0.39 is 5.54 Å². The minimum atomic E-state index is -0.510. The van der Waals surface area contributed by atoms with Gasteiger partial charge in [-0.3, -0.25) is 10.1 Å². The van der Waals surface area contributed by atoms with Gasteiger partial charge in [0.2, 0.25) is 0 Å². The molecule has 1 rings (SSSR count). The number of ether oxygens (including phenoxy) is 2. The molecule has 1 N–H and O–H groups in total. The third kappa shape index (κ3) is 2.74. The van der Waals surface area contributed by atoms with E-state index in [1.165, 1.54) is 7.11 Å². The molecule has 0 heterocycles. The van der Waals surface area contributed by atoms with Crippen LogP contribution in [0.3, 0.4) is 0 Å². The van der Waals surface area contributed by atoms with Gasteiger partial charge in [0.1, 0.15) is 5.54 Å². The third-order valence-electron chi connectivity index (χ3n) is 3.27. The van der Waals surface area contributed by atoms with E-state index in [1.54, 1.807) is 0 Å². The normalized spacial score (nSPS) is 30.6. The Morgan fingerprint density at radius 1 is 1.50 bits per heavy atom. The maximum absolute atomic E-state index is 11.8. The summed E-state index contributed by atoms with van der Waals surface area (Å²) in [5, 5.41) is 3.36. The van der Waals surface area contributed by atoms with Crippen molar-refractivity contribution >= 4 is 5.97 Å². The highest BCUT2D eigenvalue weighted by Crippen LogP contribution is 2.36. The Labute approximate surface area is 97.7 Å². The molecule has 0 bridgehead atoms. The summed E-state index contributed by atoms with van der Waals surface area (Å²) in [6.07, 6.45) is 2.63. The summed E-state index contributed by atoms with van der Waals surface area (Å²) >= 11 is 0. The Hall–Kier alpha value is -0.610. The number of methoxy groups -OCH3 is 1. The number of hydrogen-bond donors (Lipinski definition) is 1. The van der Waals surface area contributed by atoms with Gasteiger partial charge < -0.3 is 9.47 Å². The van der Waals surface area contributed by atoms with Crippen LogP contribution in [0.1, 0.15) is 40.0 Å². The van der Waals surface area contributed by atoms with E-state index in [0.717, 1.165) is 19.3 Å². The maximum Gasteiger partial charge on any atom is 0.326 e. The lowest BCUT2D eigenvalue weighted by molar-refractivity contribution is -0.162. The van der Waals surface area contributed by atoms with E-state index in [-0.39, 0.29) is 12.1 Å². The first kappa shape index (κ1) is 13.5. The monoisotopic (exact) mass is 229 g/mol. The molecule has 0 aromatic heterocycles. The molecule has 1 aliphatic carbocycles. The van der Waals surface area contributed by atoms with Crippen molar-refractivity contribution in [3.8, 4) is 0 Å². The second-order valence-corrected chi connectivity index (χ2v) is 4.51. The third-order valence-corrected chi connectivity index (χ3v) is 3.27. The summed E-state index contributed by atoms with van der Waals surface area (Å²) in [6, 6.07) is 0.321. The number of esters is 1. The summed E-state index contributed by atoms with van der Waals surface area (Å²) in [6.45, 7) is 6.85. The van der Waals surface area contributed by atoms with Crippen LogP contribution in [0.5, 0.6) is 0 Å². The zero-order valence-corrected chi connectivity index (χ0v) is 10.7. The van der Waals surface area contributed by atoms with Crippen LogP contribution in [0.25, 0.3) is 0 Å². The fourth-order valence-electron chi connectivity index (χ4n) is 2.18. The number of nitrogens with one attached hydrogen (secondary N) is 1. The molecule has 1 fully saturated rings. The average molecular weight is 229 g/mol. The second kappa shape index (κ2) is 5.64. The molecule has 0 aromatic rings. The van der Waals surface area contributed by atoms with E-state index in [0.29, 0.717) is 12.6 Å². The molecule has 1 atom stereocenters. The van der Waals surface area contributed by atoms with Crippen LogP contribution in [-0.4, -0.2) is 37.4 Å². The van der Waals surface area contributed by atoms with Crippen molar-refractivity contribution in [2.45, 2.75) is 57.7 Å². The summed E-state index contributed by atoms with van der Waals surface area (Å²) in [5.41, 5.74) is -0.510. The first-order chi connectivity index (χ1) is 7.57. The van der Waals surface area contributed by atoms with E-state index in [1.807, 2.05) is 6.92 Å². The molecule has 0 aromatic carbocycles. The van der Waals surface area contributed by atoms with Gasteiger partial charge >= 0.3 is 5.97 Å². The van der Waals surface area contributed by atoms with Gasteiger partial charge in [0.25, 0.3) is 0 Å². The van der Waals surface area contributed by atoms with Crippen molar-refractivity contribution < 1.29 is 14.3 Å². The van der Waals surface area contributed by atoms with Crippen LogP contribution in [0, 0.1) is 0 Å². The van der Waals surface area contributed by atoms with E-state index >= 15 is 0 Å². The summed E-state index contributed by atoms with van der Waals surface area (Å²) in [7, 11) is 1.44. The van der Waals surface area contributed by atoms with Crippen molar-refractivity contribution in [1.29, 1.82) is 0 Å². The van der Waals surface area contributed by atoms with Gasteiger partial charge in [-0.1, -0.05) is 6.92 Å². The molecule has 16 heavy (non-hydrogen) atoms. The first-order valence-electron chi connectivity index (χ1n) is 6.05. The Morgan fingerprint density at radius 2 is 2.12 bits per heavy atom. The lowest BCUT2D eigenvalue weighted by Crippen LogP contribution is -2.65. The average Bonchev–Trinajstić information content (AvgIpc) is 2.24.